The highest BCUT2D eigenvalue weighted by Gasteiger charge is 2.33. The molecule has 0 radical (unpaired) electrons. The lowest BCUT2D eigenvalue weighted by molar-refractivity contribution is -0.144. The lowest BCUT2D eigenvalue weighted by Gasteiger charge is -2.44. The number of nitrogens with one attached hydrogen (secondary N) is 1. The normalized spacial score (nSPS) is 19.0. The van der Waals surface area contributed by atoms with Gasteiger partial charge in [-0.15, -0.1) is 0 Å². The number of nitrogens with two attached hydrogens (primary N) is 1. The number of piperazine rings is 1. The molecule has 0 aliphatic carbocycles. The van der Waals surface area contributed by atoms with Crippen molar-refractivity contribution in [3.8, 4) is 0 Å². The molecule has 4 N–H and O–H groups in total. The van der Waals surface area contributed by atoms with Crippen molar-refractivity contribution in [3.63, 3.8) is 0 Å². The molecule has 7 nitrogen and oxygen atoms in total. The number of rotatable bonds is 6. The molecule has 1 atom stereocenters. The highest BCUT2D eigenvalue weighted by Crippen LogP contribution is 2.29. The maximum Gasteiger partial charge on any atom is 0.325 e. The molecule has 7 heteroatoms. The minimum Gasteiger partial charge on any atom is -0.480 e. The van der Waals surface area contributed by atoms with E-state index in [0.717, 1.165) is 74.0 Å². The molecular weight excluding hydrogens is 438 g/mol. The molecule has 0 saturated carbocycles. The highest BCUT2D eigenvalue weighted by atomic mass is 16.4. The summed E-state index contributed by atoms with van der Waals surface area (Å²) in [5.74, 6) is -0.679. The molecule has 35 heavy (non-hydrogen) atoms. The average molecular weight is 472 g/mol. The zero-order chi connectivity index (χ0) is 24.4. The molecule has 0 bridgehead atoms. The second-order valence-electron chi connectivity index (χ2n) is 9.60. The van der Waals surface area contributed by atoms with Gasteiger partial charge in [-0.3, -0.25) is 20.0 Å². The third kappa shape index (κ3) is 5.01. The predicted octanol–water partition coefficient (Wildman–Crippen LogP) is 3.54. The summed E-state index contributed by atoms with van der Waals surface area (Å²) in [5, 5.41) is 19.8. The standard InChI is InChI=1S/C28H33N5O2/c29-27(30)21-7-9-24(10-8-21)31-15-17-32(18-16-31)25-11-13-33(14-12-25)26(28(34)35)23-6-5-20-3-1-2-4-22(20)19-23/h1-10,19,25-26H,11-18H2,(H3,29,30)(H,34,35). The Bertz CT molecular complexity index is 1200. The van der Waals surface area contributed by atoms with Crippen molar-refractivity contribution in [1.29, 1.82) is 5.41 Å². The van der Waals surface area contributed by atoms with E-state index < -0.39 is 12.0 Å². The van der Waals surface area contributed by atoms with Crippen molar-refractivity contribution < 1.29 is 9.90 Å². The molecule has 182 valence electrons. The quantitative estimate of drug-likeness (QED) is 0.376. The fourth-order valence-corrected chi connectivity index (χ4v) is 5.59. The minimum atomic E-state index is -0.775. The first kappa shape index (κ1) is 23.3. The van der Waals surface area contributed by atoms with E-state index in [1.165, 1.54) is 5.69 Å². The SMILES string of the molecule is N=C(N)c1ccc(N2CCN(C3CCN(C(C(=O)O)c4ccc5ccccc5c4)CC3)CC2)cc1. The number of benzene rings is 3. The summed E-state index contributed by atoms with van der Waals surface area (Å²) < 4.78 is 0. The Hall–Kier alpha value is -3.42. The Kier molecular flexibility index (Phi) is 6.70. The van der Waals surface area contributed by atoms with Gasteiger partial charge in [-0.25, -0.2) is 0 Å². The number of amidine groups is 1. The van der Waals surface area contributed by atoms with Crippen molar-refractivity contribution in [1.82, 2.24) is 9.80 Å². The Morgan fingerprint density at radius 1 is 0.886 bits per heavy atom. The number of fused-ring (bicyclic) bond motifs is 1. The van der Waals surface area contributed by atoms with Crippen LogP contribution >= 0.6 is 0 Å². The Morgan fingerprint density at radius 2 is 1.54 bits per heavy atom. The van der Waals surface area contributed by atoms with Crippen LogP contribution in [0.25, 0.3) is 10.8 Å². The van der Waals surface area contributed by atoms with Crippen LogP contribution < -0.4 is 10.6 Å². The smallest absolute Gasteiger partial charge is 0.325 e. The van der Waals surface area contributed by atoms with Crippen LogP contribution in [0.3, 0.4) is 0 Å². The molecule has 3 aromatic rings. The lowest BCUT2D eigenvalue weighted by Crippen LogP contribution is -2.54. The van der Waals surface area contributed by atoms with Crippen LogP contribution in [0, 0.1) is 5.41 Å². The molecule has 3 aromatic carbocycles. The van der Waals surface area contributed by atoms with Gasteiger partial charge in [0.25, 0.3) is 0 Å². The molecule has 2 fully saturated rings. The van der Waals surface area contributed by atoms with Crippen LogP contribution in [0.1, 0.15) is 30.0 Å². The maximum atomic E-state index is 12.3. The average Bonchev–Trinajstić information content (AvgIpc) is 2.89. The Labute approximate surface area is 206 Å². The first-order valence-electron chi connectivity index (χ1n) is 12.4. The molecule has 5 rings (SSSR count). The summed E-state index contributed by atoms with van der Waals surface area (Å²) in [4.78, 5) is 19.4. The summed E-state index contributed by atoms with van der Waals surface area (Å²) >= 11 is 0. The molecular formula is C28H33N5O2. The number of hydrogen-bond donors (Lipinski definition) is 3. The fraction of sp³-hybridized carbons (Fsp3) is 0.357. The number of nitrogens with zero attached hydrogens (tertiary/aromatic N) is 3. The van der Waals surface area contributed by atoms with Crippen LogP contribution in [0.2, 0.25) is 0 Å². The van der Waals surface area contributed by atoms with Crippen molar-refractivity contribution in [3.05, 3.63) is 77.9 Å². The zero-order valence-electron chi connectivity index (χ0n) is 19.9. The van der Waals surface area contributed by atoms with Gasteiger partial charge in [0, 0.05) is 56.6 Å². The van der Waals surface area contributed by atoms with E-state index in [4.69, 9.17) is 11.1 Å². The molecule has 2 aliphatic heterocycles. The first-order chi connectivity index (χ1) is 17.0. The molecule has 2 saturated heterocycles. The number of aliphatic carboxylic acids is 1. The number of hydrogen-bond acceptors (Lipinski definition) is 5. The van der Waals surface area contributed by atoms with Gasteiger partial charge >= 0.3 is 5.97 Å². The van der Waals surface area contributed by atoms with Crippen molar-refractivity contribution >= 4 is 28.3 Å². The number of nitrogen functional groups attached to an aromatic ring is 1. The van der Waals surface area contributed by atoms with E-state index in [0.29, 0.717) is 6.04 Å². The number of carbonyl (C=O) groups is 1. The van der Waals surface area contributed by atoms with Gasteiger partial charge in [0.1, 0.15) is 11.9 Å². The summed E-state index contributed by atoms with van der Waals surface area (Å²) in [6.45, 7) is 5.53. The molecule has 0 spiro atoms. The third-order valence-electron chi connectivity index (χ3n) is 7.56. The monoisotopic (exact) mass is 471 g/mol. The lowest BCUT2D eigenvalue weighted by atomic mass is 9.96. The summed E-state index contributed by atoms with van der Waals surface area (Å²) in [6.07, 6.45) is 1.98. The van der Waals surface area contributed by atoms with Crippen molar-refractivity contribution in [2.75, 3.05) is 44.2 Å². The molecule has 2 aliphatic rings. The van der Waals surface area contributed by atoms with Crippen molar-refractivity contribution in [2.45, 2.75) is 24.9 Å². The summed E-state index contributed by atoms with van der Waals surface area (Å²) in [6, 6.07) is 21.9. The van der Waals surface area contributed by atoms with E-state index >= 15 is 0 Å². The molecule has 1 unspecified atom stereocenters. The van der Waals surface area contributed by atoms with Crippen LogP contribution in [0.15, 0.2) is 66.7 Å². The van der Waals surface area contributed by atoms with E-state index in [9.17, 15) is 9.90 Å². The Balaban J connectivity index is 1.18. The zero-order valence-corrected chi connectivity index (χ0v) is 19.9. The number of anilines is 1. The van der Waals surface area contributed by atoms with Gasteiger partial charge in [-0.2, -0.15) is 0 Å². The maximum absolute atomic E-state index is 12.3. The molecule has 0 amide bonds. The van der Waals surface area contributed by atoms with Crippen LogP contribution in [0.5, 0.6) is 0 Å². The van der Waals surface area contributed by atoms with Gasteiger partial charge in [0.15, 0.2) is 0 Å². The van der Waals surface area contributed by atoms with E-state index in [-0.39, 0.29) is 5.84 Å². The van der Waals surface area contributed by atoms with Crippen LogP contribution in [-0.2, 0) is 4.79 Å². The topological polar surface area (TPSA) is 96.9 Å². The molecule has 2 heterocycles. The molecule has 0 aromatic heterocycles. The van der Waals surface area contributed by atoms with Crippen LogP contribution in [0.4, 0.5) is 5.69 Å². The van der Waals surface area contributed by atoms with Crippen LogP contribution in [-0.4, -0.2) is 72.0 Å². The Morgan fingerprint density at radius 3 is 2.17 bits per heavy atom. The van der Waals surface area contributed by atoms with E-state index in [2.05, 4.69) is 20.8 Å². The van der Waals surface area contributed by atoms with Gasteiger partial charge in [-0.05, 0) is 59.5 Å². The van der Waals surface area contributed by atoms with Gasteiger partial charge in [-0.1, -0.05) is 36.4 Å². The van der Waals surface area contributed by atoms with Gasteiger partial charge in [0.2, 0.25) is 0 Å². The minimum absolute atomic E-state index is 0.0958. The number of likely N-dealkylation sites (tertiary alicyclic amines) is 1. The van der Waals surface area contributed by atoms with Gasteiger partial charge < -0.3 is 15.7 Å². The number of carboxylic acid groups (broad SMARTS) is 1. The predicted molar refractivity (Wildman–Crippen MR) is 140 cm³/mol. The third-order valence-corrected chi connectivity index (χ3v) is 7.56. The first-order valence-corrected chi connectivity index (χ1v) is 12.4. The summed E-state index contributed by atoms with van der Waals surface area (Å²) in [7, 11) is 0. The van der Waals surface area contributed by atoms with E-state index in [1.807, 2.05) is 60.7 Å². The second-order valence-corrected chi connectivity index (χ2v) is 9.60. The fourth-order valence-electron chi connectivity index (χ4n) is 5.59. The highest BCUT2D eigenvalue weighted by molar-refractivity contribution is 5.95. The number of piperidine rings is 1. The summed E-state index contributed by atoms with van der Waals surface area (Å²) in [5.41, 5.74) is 8.35. The number of carboxylic acids is 1. The van der Waals surface area contributed by atoms with Gasteiger partial charge in [0.05, 0.1) is 0 Å². The largest absolute Gasteiger partial charge is 0.480 e. The second kappa shape index (κ2) is 10.1. The van der Waals surface area contributed by atoms with Crippen molar-refractivity contribution in [2.24, 2.45) is 5.73 Å². The van der Waals surface area contributed by atoms with E-state index in [1.54, 1.807) is 0 Å².